The summed E-state index contributed by atoms with van der Waals surface area (Å²) in [5, 5.41) is 0. The third-order valence-electron chi connectivity index (χ3n) is 10.4. The lowest BCUT2D eigenvalue weighted by atomic mass is 9.47. The predicted octanol–water partition coefficient (Wildman–Crippen LogP) is 8.06. The van der Waals surface area contributed by atoms with Crippen LogP contribution in [0.4, 0.5) is 0 Å². The molecule has 8 atom stereocenters. The molecule has 0 N–H and O–H groups in total. The summed E-state index contributed by atoms with van der Waals surface area (Å²) in [5.74, 6) is 4.31. The molecule has 3 unspecified atom stereocenters. The first-order chi connectivity index (χ1) is 16.3. The van der Waals surface area contributed by atoms with E-state index in [2.05, 4.69) is 27.7 Å². The number of esters is 1. The summed E-state index contributed by atoms with van der Waals surface area (Å²) in [6.45, 7) is 9.57. The Labute approximate surface area is 208 Å². The van der Waals surface area contributed by atoms with Crippen molar-refractivity contribution in [3.05, 3.63) is 11.6 Å². The summed E-state index contributed by atoms with van der Waals surface area (Å²) in [7, 11) is 0. The van der Waals surface area contributed by atoms with Gasteiger partial charge in [-0.15, -0.1) is 0 Å². The first kappa shape index (κ1) is 26.0. The molecular weight excluding hydrogens is 420 g/mol. The summed E-state index contributed by atoms with van der Waals surface area (Å²) in [5.41, 5.74) is 1.57. The Bertz CT molecular complexity index is 754. The van der Waals surface area contributed by atoms with Crippen LogP contribution in [-0.4, -0.2) is 17.9 Å². The number of allylic oxidation sites excluding steroid dienone is 1. The van der Waals surface area contributed by atoms with Crippen LogP contribution in [0.25, 0.3) is 0 Å². The second kappa shape index (κ2) is 11.3. The average molecular weight is 471 g/mol. The Morgan fingerprint density at radius 3 is 2.41 bits per heavy atom. The fourth-order valence-electron chi connectivity index (χ4n) is 8.90. The zero-order valence-corrected chi connectivity index (χ0v) is 22.5. The molecule has 0 aromatic heterocycles. The van der Waals surface area contributed by atoms with Gasteiger partial charge in [0.1, 0.15) is 6.10 Å². The summed E-state index contributed by atoms with van der Waals surface area (Å²) >= 11 is 0. The summed E-state index contributed by atoms with van der Waals surface area (Å²) in [4.78, 5) is 24.9. The molecule has 4 aliphatic carbocycles. The maximum Gasteiger partial charge on any atom is 0.306 e. The van der Waals surface area contributed by atoms with Crippen molar-refractivity contribution in [1.29, 1.82) is 0 Å². The third-order valence-corrected chi connectivity index (χ3v) is 10.4. The highest BCUT2D eigenvalue weighted by Crippen LogP contribution is 2.65. The minimum absolute atomic E-state index is 0.0420. The van der Waals surface area contributed by atoms with E-state index in [9.17, 15) is 9.59 Å². The topological polar surface area (TPSA) is 43.4 Å². The molecule has 3 heteroatoms. The van der Waals surface area contributed by atoms with E-state index in [0.717, 1.165) is 38.5 Å². The number of ether oxygens (including phenoxy) is 1. The van der Waals surface area contributed by atoms with E-state index in [1.165, 1.54) is 56.9 Å². The van der Waals surface area contributed by atoms with Gasteiger partial charge in [0.25, 0.3) is 0 Å². The predicted molar refractivity (Wildman–Crippen MR) is 138 cm³/mol. The molecule has 3 fully saturated rings. The monoisotopic (exact) mass is 470 g/mol. The Balaban J connectivity index is 1.32. The van der Waals surface area contributed by atoms with Crippen LogP contribution >= 0.6 is 0 Å². The Hall–Kier alpha value is -1.12. The van der Waals surface area contributed by atoms with Crippen LogP contribution in [0, 0.1) is 40.9 Å². The molecule has 34 heavy (non-hydrogen) atoms. The van der Waals surface area contributed by atoms with Gasteiger partial charge in [-0.2, -0.15) is 0 Å². The van der Waals surface area contributed by atoms with Crippen LogP contribution in [0.1, 0.15) is 124 Å². The van der Waals surface area contributed by atoms with Gasteiger partial charge in [0.05, 0.1) is 0 Å². The molecule has 0 saturated heterocycles. The number of fused-ring (bicyclic) bond motifs is 5. The van der Waals surface area contributed by atoms with Gasteiger partial charge >= 0.3 is 5.97 Å². The molecule has 4 aliphatic rings. The van der Waals surface area contributed by atoms with E-state index in [1.807, 2.05) is 6.08 Å². The second-order valence-electron chi connectivity index (χ2n) is 12.7. The minimum Gasteiger partial charge on any atom is -0.462 e. The number of unbranched alkanes of at least 4 members (excludes halogenated alkanes) is 7. The van der Waals surface area contributed by atoms with Crippen molar-refractivity contribution in [3.63, 3.8) is 0 Å². The highest BCUT2D eigenvalue weighted by Gasteiger charge is 2.60. The van der Waals surface area contributed by atoms with Crippen molar-refractivity contribution in [3.8, 4) is 0 Å². The number of carbonyl (C=O) groups is 2. The van der Waals surface area contributed by atoms with Gasteiger partial charge in [0, 0.05) is 18.3 Å². The van der Waals surface area contributed by atoms with Gasteiger partial charge in [-0.05, 0) is 80.1 Å². The van der Waals surface area contributed by atoms with Gasteiger partial charge in [-0.25, -0.2) is 0 Å². The molecular formula is C31H50O3. The Morgan fingerprint density at radius 2 is 1.68 bits per heavy atom. The summed E-state index contributed by atoms with van der Waals surface area (Å²) < 4.78 is 6.23. The van der Waals surface area contributed by atoms with Crippen LogP contribution in [0.2, 0.25) is 0 Å². The van der Waals surface area contributed by atoms with Gasteiger partial charge in [-0.3, -0.25) is 9.59 Å². The van der Waals surface area contributed by atoms with Gasteiger partial charge in [0.15, 0.2) is 5.78 Å². The van der Waals surface area contributed by atoms with Crippen molar-refractivity contribution >= 4 is 11.8 Å². The SMILES string of the molecule is CCCCCCCCCCC(=O)O[C@H]1CCC2C3C([C@@H](C)C[C@@]21C)[C@H]1CCC(=O)C=C1C[C@@H]3C. The molecule has 0 amide bonds. The quantitative estimate of drug-likeness (QED) is 0.239. The van der Waals surface area contributed by atoms with Gasteiger partial charge in [0.2, 0.25) is 0 Å². The third kappa shape index (κ3) is 5.34. The minimum atomic E-state index is 0.0420. The molecule has 4 rings (SSSR count). The van der Waals surface area contributed by atoms with Gasteiger partial charge < -0.3 is 4.74 Å². The van der Waals surface area contributed by atoms with E-state index in [-0.39, 0.29) is 17.5 Å². The Kier molecular flexibility index (Phi) is 8.62. The fourth-order valence-corrected chi connectivity index (χ4v) is 8.90. The van der Waals surface area contributed by atoms with Crippen LogP contribution in [0.5, 0.6) is 0 Å². The lowest BCUT2D eigenvalue weighted by Gasteiger charge is -2.58. The highest BCUT2D eigenvalue weighted by molar-refractivity contribution is 5.91. The molecule has 192 valence electrons. The molecule has 0 spiro atoms. The first-order valence-corrected chi connectivity index (χ1v) is 14.8. The molecule has 3 saturated carbocycles. The molecule has 0 aromatic rings. The maximum absolute atomic E-state index is 12.8. The van der Waals surface area contributed by atoms with Gasteiger partial charge in [-0.1, -0.05) is 78.2 Å². The number of ketones is 1. The van der Waals surface area contributed by atoms with E-state index < -0.39 is 0 Å². The smallest absolute Gasteiger partial charge is 0.306 e. The van der Waals surface area contributed by atoms with E-state index in [0.29, 0.717) is 47.7 Å². The first-order valence-electron chi connectivity index (χ1n) is 14.8. The zero-order chi connectivity index (χ0) is 24.3. The maximum atomic E-state index is 12.8. The molecule has 0 radical (unpaired) electrons. The van der Waals surface area contributed by atoms with Crippen molar-refractivity contribution < 1.29 is 14.3 Å². The zero-order valence-electron chi connectivity index (χ0n) is 22.5. The van der Waals surface area contributed by atoms with Crippen LogP contribution in [0.3, 0.4) is 0 Å². The lowest BCUT2D eigenvalue weighted by molar-refractivity contribution is -0.162. The normalized spacial score (nSPS) is 39.1. The van der Waals surface area contributed by atoms with Crippen LogP contribution < -0.4 is 0 Å². The molecule has 0 bridgehead atoms. The van der Waals surface area contributed by atoms with Crippen LogP contribution in [0.15, 0.2) is 11.6 Å². The number of carbonyl (C=O) groups excluding carboxylic acids is 2. The fraction of sp³-hybridized carbons (Fsp3) is 0.871. The number of hydrogen-bond donors (Lipinski definition) is 0. The molecule has 0 heterocycles. The molecule has 0 aromatic carbocycles. The van der Waals surface area contributed by atoms with Crippen molar-refractivity contribution in [2.24, 2.45) is 40.9 Å². The van der Waals surface area contributed by atoms with Crippen molar-refractivity contribution in [2.75, 3.05) is 0 Å². The highest BCUT2D eigenvalue weighted by atomic mass is 16.5. The largest absolute Gasteiger partial charge is 0.462 e. The van der Waals surface area contributed by atoms with Crippen LogP contribution in [-0.2, 0) is 14.3 Å². The number of hydrogen-bond acceptors (Lipinski definition) is 3. The Morgan fingerprint density at radius 1 is 0.971 bits per heavy atom. The van der Waals surface area contributed by atoms with Crippen molar-refractivity contribution in [2.45, 2.75) is 130 Å². The number of rotatable bonds is 10. The molecule has 3 nitrogen and oxygen atoms in total. The average Bonchev–Trinajstić information content (AvgIpc) is 3.10. The summed E-state index contributed by atoms with van der Waals surface area (Å²) in [6.07, 6.45) is 19.0. The summed E-state index contributed by atoms with van der Waals surface area (Å²) in [6, 6.07) is 0. The lowest BCUT2D eigenvalue weighted by Crippen LogP contribution is -2.54. The second-order valence-corrected chi connectivity index (χ2v) is 12.7. The van der Waals surface area contributed by atoms with E-state index >= 15 is 0 Å². The standard InChI is InChI=1S/C31H50O3/c1-5-6-7-8-9-10-11-12-13-28(33)34-27-17-16-26-30-21(2)18-23-19-24(32)14-15-25(23)29(30)22(3)20-31(26,27)4/h19,21-22,25-27,29-30H,5-18,20H2,1-4H3/t21-,22-,25-,26?,27-,29?,30?,31-/m0/s1. The van der Waals surface area contributed by atoms with E-state index in [4.69, 9.17) is 4.74 Å². The van der Waals surface area contributed by atoms with E-state index in [1.54, 1.807) is 0 Å². The van der Waals surface area contributed by atoms with Crippen molar-refractivity contribution in [1.82, 2.24) is 0 Å². The molecule has 0 aliphatic heterocycles.